The van der Waals surface area contributed by atoms with Gasteiger partial charge < -0.3 is 0 Å². The highest BCUT2D eigenvalue weighted by Gasteiger charge is 2.11. The maximum absolute atomic E-state index is 12.4. The first-order valence-corrected chi connectivity index (χ1v) is 7.00. The third kappa shape index (κ3) is 3.07. The second kappa shape index (κ2) is 6.50. The van der Waals surface area contributed by atoms with Crippen LogP contribution in [-0.4, -0.2) is 5.78 Å². The third-order valence-corrected chi connectivity index (χ3v) is 3.23. The minimum atomic E-state index is 0.0908. The van der Waals surface area contributed by atoms with Crippen molar-refractivity contribution in [2.75, 3.05) is 0 Å². The molecule has 0 fully saturated rings. The van der Waals surface area contributed by atoms with Crippen LogP contribution in [0.15, 0.2) is 64.8 Å². The standard InChI is InChI=1S/C16H13IO/c17-12-6-10-13-7-4-5-11-15(13)16(18)14-8-2-1-3-9-14/h1-9,11-12H,10H2. The van der Waals surface area contributed by atoms with Crippen molar-refractivity contribution in [3.63, 3.8) is 0 Å². The molecule has 0 unspecified atom stereocenters. The fraction of sp³-hybridized carbons (Fsp3) is 0.0625. The third-order valence-electron chi connectivity index (χ3n) is 2.72. The van der Waals surface area contributed by atoms with Gasteiger partial charge in [0.05, 0.1) is 0 Å². The minimum absolute atomic E-state index is 0.0908. The summed E-state index contributed by atoms with van der Waals surface area (Å²) in [5.41, 5.74) is 2.60. The number of carbonyl (C=O) groups excluding carboxylic acids is 1. The molecule has 18 heavy (non-hydrogen) atoms. The van der Waals surface area contributed by atoms with E-state index in [1.54, 1.807) is 0 Å². The fourth-order valence-electron chi connectivity index (χ4n) is 1.84. The number of halogens is 1. The maximum atomic E-state index is 12.4. The molecule has 0 bridgehead atoms. The van der Waals surface area contributed by atoms with Crippen molar-refractivity contribution >= 4 is 28.4 Å². The summed E-state index contributed by atoms with van der Waals surface area (Å²) < 4.78 is 1.97. The molecule has 90 valence electrons. The van der Waals surface area contributed by atoms with Crippen LogP contribution in [0.5, 0.6) is 0 Å². The van der Waals surface area contributed by atoms with Gasteiger partial charge in [-0.25, -0.2) is 0 Å². The normalized spacial score (nSPS) is 10.7. The van der Waals surface area contributed by atoms with E-state index >= 15 is 0 Å². The van der Waals surface area contributed by atoms with E-state index in [0.717, 1.165) is 23.1 Å². The van der Waals surface area contributed by atoms with Crippen LogP contribution in [0.2, 0.25) is 0 Å². The molecule has 0 aliphatic rings. The molecule has 2 rings (SSSR count). The minimum Gasteiger partial charge on any atom is -0.289 e. The molecule has 0 heterocycles. The number of carbonyl (C=O) groups is 1. The van der Waals surface area contributed by atoms with Gasteiger partial charge in [-0.3, -0.25) is 4.79 Å². The second-order valence-electron chi connectivity index (χ2n) is 3.92. The predicted molar refractivity (Wildman–Crippen MR) is 83.2 cm³/mol. The van der Waals surface area contributed by atoms with E-state index in [-0.39, 0.29) is 5.78 Å². The number of benzene rings is 2. The van der Waals surface area contributed by atoms with Gasteiger partial charge in [0.15, 0.2) is 5.78 Å². The van der Waals surface area contributed by atoms with Crippen molar-refractivity contribution in [2.24, 2.45) is 0 Å². The van der Waals surface area contributed by atoms with E-state index in [0.29, 0.717) is 0 Å². The topological polar surface area (TPSA) is 17.1 Å². The average molecular weight is 348 g/mol. The molecule has 0 aliphatic heterocycles. The lowest BCUT2D eigenvalue weighted by atomic mass is 9.97. The van der Waals surface area contributed by atoms with Crippen LogP contribution in [-0.2, 0) is 6.42 Å². The molecule has 0 saturated heterocycles. The van der Waals surface area contributed by atoms with Crippen LogP contribution >= 0.6 is 22.6 Å². The molecular weight excluding hydrogens is 335 g/mol. The quantitative estimate of drug-likeness (QED) is 0.591. The molecule has 0 aromatic heterocycles. The highest BCUT2D eigenvalue weighted by Crippen LogP contribution is 2.15. The molecule has 0 atom stereocenters. The molecular formula is C16H13IO. The summed E-state index contributed by atoms with van der Waals surface area (Å²) in [7, 11) is 0. The zero-order valence-electron chi connectivity index (χ0n) is 9.84. The molecule has 2 aromatic carbocycles. The Labute approximate surface area is 121 Å². The zero-order chi connectivity index (χ0) is 12.8. The van der Waals surface area contributed by atoms with E-state index in [9.17, 15) is 4.79 Å². The Hall–Kier alpha value is -1.42. The van der Waals surface area contributed by atoms with Crippen LogP contribution < -0.4 is 0 Å². The van der Waals surface area contributed by atoms with Gasteiger partial charge in [0.2, 0.25) is 0 Å². The number of hydrogen-bond acceptors (Lipinski definition) is 1. The number of allylic oxidation sites excluding steroid dienone is 1. The first-order valence-electron chi connectivity index (χ1n) is 5.76. The average Bonchev–Trinajstić information content (AvgIpc) is 2.45. The number of hydrogen-bond donors (Lipinski definition) is 0. The first-order chi connectivity index (χ1) is 8.83. The Morgan fingerprint density at radius 2 is 1.67 bits per heavy atom. The summed E-state index contributed by atoms with van der Waals surface area (Å²) in [5.74, 6) is 0.0908. The van der Waals surface area contributed by atoms with Crippen LogP contribution in [0.4, 0.5) is 0 Å². The second-order valence-corrected chi connectivity index (χ2v) is 4.64. The lowest BCUT2D eigenvalue weighted by molar-refractivity contribution is 0.103. The van der Waals surface area contributed by atoms with Gasteiger partial charge >= 0.3 is 0 Å². The van der Waals surface area contributed by atoms with Crippen molar-refractivity contribution in [3.05, 3.63) is 81.4 Å². The highest BCUT2D eigenvalue weighted by molar-refractivity contribution is 14.1. The maximum Gasteiger partial charge on any atom is 0.193 e. The number of ketones is 1. The molecule has 2 heteroatoms. The Kier molecular flexibility index (Phi) is 4.70. The fourth-order valence-corrected chi connectivity index (χ4v) is 2.09. The molecule has 0 amide bonds. The zero-order valence-corrected chi connectivity index (χ0v) is 12.0. The van der Waals surface area contributed by atoms with Gasteiger partial charge in [0, 0.05) is 11.1 Å². The molecule has 0 radical (unpaired) electrons. The van der Waals surface area contributed by atoms with Crippen LogP contribution in [0.3, 0.4) is 0 Å². The van der Waals surface area contributed by atoms with Gasteiger partial charge in [0.1, 0.15) is 0 Å². The van der Waals surface area contributed by atoms with Gasteiger partial charge in [-0.2, -0.15) is 0 Å². The predicted octanol–water partition coefficient (Wildman–Crippen LogP) is 4.41. The molecule has 0 aliphatic carbocycles. The largest absolute Gasteiger partial charge is 0.289 e. The molecule has 2 aromatic rings. The monoisotopic (exact) mass is 348 g/mol. The lowest BCUT2D eigenvalue weighted by Gasteiger charge is -2.06. The SMILES string of the molecule is O=C(c1ccccc1)c1ccccc1CC=CI. The number of rotatable bonds is 4. The Morgan fingerprint density at radius 1 is 1.00 bits per heavy atom. The van der Waals surface area contributed by atoms with Gasteiger partial charge in [-0.1, -0.05) is 83.3 Å². The van der Waals surface area contributed by atoms with Crippen molar-refractivity contribution in [2.45, 2.75) is 6.42 Å². The van der Waals surface area contributed by atoms with E-state index in [4.69, 9.17) is 0 Å². The summed E-state index contributed by atoms with van der Waals surface area (Å²) in [6.45, 7) is 0. The summed E-state index contributed by atoms with van der Waals surface area (Å²) in [6, 6.07) is 17.2. The molecule has 0 N–H and O–H groups in total. The summed E-state index contributed by atoms with van der Waals surface area (Å²) in [6.07, 6.45) is 2.84. The summed E-state index contributed by atoms with van der Waals surface area (Å²) in [4.78, 5) is 12.4. The first kappa shape index (κ1) is 13.0. The molecule has 0 spiro atoms. The van der Waals surface area contributed by atoms with E-state index < -0.39 is 0 Å². The highest BCUT2D eigenvalue weighted by atomic mass is 127. The smallest absolute Gasteiger partial charge is 0.193 e. The Bertz CT molecular complexity index is 558. The summed E-state index contributed by atoms with van der Waals surface area (Å²) >= 11 is 2.19. The van der Waals surface area contributed by atoms with Crippen LogP contribution in [0, 0.1) is 0 Å². The molecule has 1 nitrogen and oxygen atoms in total. The lowest BCUT2D eigenvalue weighted by Crippen LogP contribution is -2.04. The van der Waals surface area contributed by atoms with Crippen molar-refractivity contribution in [3.8, 4) is 0 Å². The van der Waals surface area contributed by atoms with E-state index in [1.807, 2.05) is 58.7 Å². The Morgan fingerprint density at radius 3 is 2.39 bits per heavy atom. The van der Waals surface area contributed by atoms with Crippen molar-refractivity contribution < 1.29 is 4.79 Å². The van der Waals surface area contributed by atoms with Gasteiger partial charge in [-0.15, -0.1) is 0 Å². The van der Waals surface area contributed by atoms with Crippen molar-refractivity contribution in [1.82, 2.24) is 0 Å². The van der Waals surface area contributed by atoms with Gasteiger partial charge in [-0.05, 0) is 16.1 Å². The summed E-state index contributed by atoms with van der Waals surface area (Å²) in [5, 5.41) is 0. The van der Waals surface area contributed by atoms with Crippen LogP contribution in [0.25, 0.3) is 0 Å². The van der Waals surface area contributed by atoms with E-state index in [2.05, 4.69) is 28.7 Å². The van der Waals surface area contributed by atoms with Gasteiger partial charge in [0.25, 0.3) is 0 Å². The molecule has 0 saturated carbocycles. The van der Waals surface area contributed by atoms with E-state index in [1.165, 1.54) is 0 Å². The van der Waals surface area contributed by atoms with Crippen LogP contribution in [0.1, 0.15) is 21.5 Å². The Balaban J connectivity index is 2.36. The van der Waals surface area contributed by atoms with Crippen molar-refractivity contribution in [1.29, 1.82) is 0 Å².